The molecule has 1 heterocycles. The molecule has 0 spiro atoms. The molecule has 196 valence electrons. The Morgan fingerprint density at radius 3 is 2.36 bits per heavy atom. The number of hydrogen-bond acceptors (Lipinski definition) is 4. The van der Waals surface area contributed by atoms with Crippen molar-refractivity contribution in [3.05, 3.63) is 62.1 Å². The number of amides is 3. The fourth-order valence-electron chi connectivity index (χ4n) is 4.21. The number of nitrogens with zero attached hydrogens (tertiary/aromatic N) is 1. The van der Waals surface area contributed by atoms with Crippen LogP contribution in [0.1, 0.15) is 30.7 Å². The molecule has 36 heavy (non-hydrogen) atoms. The molecule has 1 fully saturated rings. The van der Waals surface area contributed by atoms with Crippen molar-refractivity contribution in [3.8, 4) is 0 Å². The van der Waals surface area contributed by atoms with Gasteiger partial charge in [-0.2, -0.15) is 0 Å². The number of halogens is 4. The van der Waals surface area contributed by atoms with Gasteiger partial charge in [-0.1, -0.05) is 52.5 Å². The van der Waals surface area contributed by atoms with E-state index in [0.717, 1.165) is 44.5 Å². The van der Waals surface area contributed by atoms with Gasteiger partial charge in [0.25, 0.3) is 0 Å². The normalized spacial score (nSPS) is 15.4. The first-order valence-electron chi connectivity index (χ1n) is 11.7. The van der Waals surface area contributed by atoms with Crippen LogP contribution in [0.2, 0.25) is 20.1 Å². The summed E-state index contributed by atoms with van der Waals surface area (Å²) in [6, 6.07) is 10.2. The maximum Gasteiger partial charge on any atom is 0.319 e. The first-order chi connectivity index (χ1) is 17.2. The monoisotopic (exact) mass is 574 g/mol. The number of hydrogen-bond donors (Lipinski definition) is 3. The van der Waals surface area contributed by atoms with Crippen molar-refractivity contribution in [1.82, 2.24) is 15.5 Å². The van der Waals surface area contributed by atoms with Crippen molar-refractivity contribution < 1.29 is 14.3 Å². The lowest BCUT2D eigenvalue weighted by molar-refractivity contribution is -0.125. The van der Waals surface area contributed by atoms with Gasteiger partial charge < -0.3 is 25.6 Å². The van der Waals surface area contributed by atoms with Gasteiger partial charge in [-0.05, 0) is 61.7 Å². The number of urea groups is 1. The molecule has 1 aliphatic rings. The first kappa shape index (κ1) is 28.8. The quantitative estimate of drug-likeness (QED) is 0.333. The number of likely N-dealkylation sites (tertiary alicyclic amines) is 1. The number of nitrogens with one attached hydrogen (secondary N) is 3. The lowest BCUT2D eigenvalue weighted by atomic mass is 9.94. The Balaban J connectivity index is 1.56. The van der Waals surface area contributed by atoms with Crippen LogP contribution >= 0.6 is 46.4 Å². The molecule has 0 aromatic heterocycles. The fourth-order valence-corrected chi connectivity index (χ4v) is 5.04. The molecule has 1 atom stereocenters. The fraction of sp³-hybridized carbons (Fsp3) is 0.440. The van der Waals surface area contributed by atoms with E-state index in [2.05, 4.69) is 20.9 Å². The Labute approximate surface area is 231 Å². The van der Waals surface area contributed by atoms with Crippen LogP contribution in [0.5, 0.6) is 0 Å². The van der Waals surface area contributed by atoms with Crippen molar-refractivity contribution >= 4 is 64.0 Å². The summed E-state index contributed by atoms with van der Waals surface area (Å²) < 4.78 is 4.89. The summed E-state index contributed by atoms with van der Waals surface area (Å²) in [7, 11) is 1.51. The van der Waals surface area contributed by atoms with Crippen molar-refractivity contribution in [3.63, 3.8) is 0 Å². The highest BCUT2D eigenvalue weighted by Gasteiger charge is 2.22. The van der Waals surface area contributed by atoms with Gasteiger partial charge in [0.1, 0.15) is 6.61 Å². The zero-order valence-electron chi connectivity index (χ0n) is 20.0. The largest absolute Gasteiger partial charge is 0.375 e. The number of carbonyl (C=O) groups is 2. The van der Waals surface area contributed by atoms with Gasteiger partial charge in [0.05, 0.1) is 10.0 Å². The van der Waals surface area contributed by atoms with Gasteiger partial charge in [0, 0.05) is 54.4 Å². The number of ether oxygens (including phenoxy) is 1. The minimum Gasteiger partial charge on any atom is -0.375 e. The third kappa shape index (κ3) is 9.29. The zero-order valence-corrected chi connectivity index (χ0v) is 23.0. The molecule has 3 amide bonds. The van der Waals surface area contributed by atoms with Crippen LogP contribution in [0.15, 0.2) is 36.4 Å². The van der Waals surface area contributed by atoms with E-state index in [-0.39, 0.29) is 30.5 Å². The van der Waals surface area contributed by atoms with E-state index in [1.165, 1.54) is 7.11 Å². The smallest absolute Gasteiger partial charge is 0.319 e. The number of piperidine rings is 1. The van der Waals surface area contributed by atoms with Gasteiger partial charge >= 0.3 is 6.03 Å². The van der Waals surface area contributed by atoms with Crippen LogP contribution < -0.4 is 16.0 Å². The Morgan fingerprint density at radius 2 is 1.72 bits per heavy atom. The lowest BCUT2D eigenvalue weighted by Crippen LogP contribution is -2.46. The molecule has 0 bridgehead atoms. The molecule has 0 aliphatic carbocycles. The highest BCUT2D eigenvalue weighted by Crippen LogP contribution is 2.29. The summed E-state index contributed by atoms with van der Waals surface area (Å²) in [6.45, 7) is 3.10. The highest BCUT2D eigenvalue weighted by atomic mass is 35.5. The number of rotatable bonds is 10. The molecule has 3 rings (SSSR count). The molecule has 1 aliphatic heterocycles. The summed E-state index contributed by atoms with van der Waals surface area (Å²) in [4.78, 5) is 26.7. The molecule has 7 nitrogen and oxygen atoms in total. The molecular formula is C25H30Cl4N4O3. The topological polar surface area (TPSA) is 82.7 Å². The molecule has 11 heteroatoms. The Bertz CT molecular complexity index is 1030. The molecule has 3 N–H and O–H groups in total. The number of methoxy groups -OCH3 is 1. The van der Waals surface area contributed by atoms with Gasteiger partial charge in [-0.25, -0.2) is 4.79 Å². The van der Waals surface area contributed by atoms with Crippen molar-refractivity contribution in [1.29, 1.82) is 0 Å². The first-order valence-corrected chi connectivity index (χ1v) is 13.2. The molecule has 0 radical (unpaired) electrons. The third-order valence-corrected chi connectivity index (χ3v) is 7.24. The van der Waals surface area contributed by atoms with Crippen molar-refractivity contribution in [2.75, 3.05) is 45.2 Å². The van der Waals surface area contributed by atoms with E-state index in [0.29, 0.717) is 32.3 Å². The molecule has 1 saturated heterocycles. The summed E-state index contributed by atoms with van der Waals surface area (Å²) in [5.41, 5.74) is 1.51. The van der Waals surface area contributed by atoms with Crippen LogP contribution in [0.4, 0.5) is 10.5 Å². The van der Waals surface area contributed by atoms with E-state index in [1.807, 2.05) is 12.1 Å². The standard InChI is InChI=1S/C25H30Cl4N4O3/c1-36-15-24(34)31-20-5-8-33(9-6-20)7-4-17(16-2-3-22(28)23(29)10-16)14-30-25(35)32-21-12-18(26)11-19(27)13-21/h2-3,10-13,17,20H,4-9,14-15H2,1H3,(H,31,34)(H2,30,32,35). The van der Waals surface area contributed by atoms with E-state index in [1.54, 1.807) is 24.3 Å². The van der Waals surface area contributed by atoms with Crippen molar-refractivity contribution in [2.24, 2.45) is 0 Å². The third-order valence-electron chi connectivity index (χ3n) is 6.07. The Hall–Kier alpha value is -1.74. The maximum atomic E-state index is 12.6. The molecule has 1 unspecified atom stereocenters. The van der Waals surface area contributed by atoms with E-state index in [9.17, 15) is 9.59 Å². The van der Waals surface area contributed by atoms with Gasteiger partial charge in [-0.15, -0.1) is 0 Å². The summed E-state index contributed by atoms with van der Waals surface area (Å²) in [5, 5.41) is 10.6. The van der Waals surface area contributed by atoms with E-state index in [4.69, 9.17) is 51.1 Å². The van der Waals surface area contributed by atoms with Crippen LogP contribution in [-0.2, 0) is 9.53 Å². The van der Waals surface area contributed by atoms with E-state index >= 15 is 0 Å². The number of carbonyl (C=O) groups excluding carboxylic acids is 2. The Kier molecular flexibility index (Phi) is 11.4. The predicted octanol–water partition coefficient (Wildman–Crippen LogP) is 5.82. The van der Waals surface area contributed by atoms with Crippen LogP contribution in [0.25, 0.3) is 0 Å². The second kappa shape index (κ2) is 14.3. The summed E-state index contributed by atoms with van der Waals surface area (Å²) >= 11 is 24.4. The van der Waals surface area contributed by atoms with Crippen molar-refractivity contribution in [2.45, 2.75) is 31.2 Å². The van der Waals surface area contributed by atoms with E-state index < -0.39 is 0 Å². The molecule has 2 aromatic carbocycles. The Morgan fingerprint density at radius 1 is 1.03 bits per heavy atom. The minimum absolute atomic E-state index is 0.0209. The zero-order chi connectivity index (χ0) is 26.1. The van der Waals surface area contributed by atoms with Gasteiger partial charge in [0.2, 0.25) is 5.91 Å². The second-order valence-corrected chi connectivity index (χ2v) is 10.5. The minimum atomic E-state index is -0.356. The summed E-state index contributed by atoms with van der Waals surface area (Å²) in [6.07, 6.45) is 2.58. The lowest BCUT2D eigenvalue weighted by Gasteiger charge is -2.33. The molecule has 2 aromatic rings. The van der Waals surface area contributed by atoms with Gasteiger partial charge in [0.15, 0.2) is 0 Å². The predicted molar refractivity (Wildman–Crippen MR) is 147 cm³/mol. The van der Waals surface area contributed by atoms with Gasteiger partial charge in [-0.3, -0.25) is 4.79 Å². The maximum absolute atomic E-state index is 12.6. The van der Waals surface area contributed by atoms with Crippen LogP contribution in [0, 0.1) is 0 Å². The molecular weight excluding hydrogens is 546 g/mol. The summed E-state index contributed by atoms with van der Waals surface area (Å²) in [5.74, 6) is -0.0624. The SMILES string of the molecule is COCC(=O)NC1CCN(CCC(CNC(=O)Nc2cc(Cl)cc(Cl)c2)c2ccc(Cl)c(Cl)c2)CC1. The average Bonchev–Trinajstić information content (AvgIpc) is 2.81. The number of benzene rings is 2. The average molecular weight is 576 g/mol. The highest BCUT2D eigenvalue weighted by molar-refractivity contribution is 6.42. The number of anilines is 1. The second-order valence-electron chi connectivity index (χ2n) is 8.77. The van der Waals surface area contributed by atoms with Crippen LogP contribution in [-0.4, -0.2) is 62.8 Å². The van der Waals surface area contributed by atoms with Crippen LogP contribution in [0.3, 0.4) is 0 Å². The molecule has 0 saturated carbocycles.